The van der Waals surface area contributed by atoms with Crippen LogP contribution in [0.4, 0.5) is 0 Å². The lowest BCUT2D eigenvalue weighted by Crippen LogP contribution is -2.47. The highest BCUT2D eigenvalue weighted by molar-refractivity contribution is 5.79. The standard InChI is InChI=1S/C18H36N4O/c1-15(14-22-9-11-23-12-10-22)13-20-17(19-4)21-16-5-7-18(2,3)8-6-16/h15-16H,5-14H2,1-4H3,(H2,19,20,21). The lowest BCUT2D eigenvalue weighted by atomic mass is 9.75. The molecule has 1 atom stereocenters. The van der Waals surface area contributed by atoms with Crippen molar-refractivity contribution in [3.8, 4) is 0 Å². The van der Waals surface area contributed by atoms with Crippen molar-refractivity contribution < 1.29 is 4.74 Å². The number of nitrogens with one attached hydrogen (secondary N) is 2. The smallest absolute Gasteiger partial charge is 0.191 e. The maximum absolute atomic E-state index is 5.41. The van der Waals surface area contributed by atoms with Crippen LogP contribution in [0.3, 0.4) is 0 Å². The lowest BCUT2D eigenvalue weighted by molar-refractivity contribution is 0.0320. The number of rotatable bonds is 5. The van der Waals surface area contributed by atoms with Gasteiger partial charge in [0, 0.05) is 39.3 Å². The third-order valence-electron chi connectivity index (χ3n) is 5.20. The van der Waals surface area contributed by atoms with Gasteiger partial charge in [-0.05, 0) is 37.0 Å². The average molecular weight is 325 g/mol. The van der Waals surface area contributed by atoms with Crippen LogP contribution in [0.1, 0.15) is 46.5 Å². The van der Waals surface area contributed by atoms with Crippen molar-refractivity contribution in [3.63, 3.8) is 0 Å². The van der Waals surface area contributed by atoms with Crippen LogP contribution < -0.4 is 10.6 Å². The van der Waals surface area contributed by atoms with Crippen molar-refractivity contribution in [2.24, 2.45) is 16.3 Å². The molecular weight excluding hydrogens is 288 g/mol. The molecule has 0 bridgehead atoms. The van der Waals surface area contributed by atoms with Crippen molar-refractivity contribution in [2.45, 2.75) is 52.5 Å². The minimum absolute atomic E-state index is 0.516. The van der Waals surface area contributed by atoms with Gasteiger partial charge in [-0.25, -0.2) is 0 Å². The molecule has 5 heteroatoms. The Kier molecular flexibility index (Phi) is 7.15. The molecule has 1 saturated heterocycles. The second kappa shape index (κ2) is 8.88. The Bertz CT molecular complexity index is 367. The largest absolute Gasteiger partial charge is 0.379 e. The molecule has 0 aromatic rings. The topological polar surface area (TPSA) is 48.9 Å². The average Bonchev–Trinajstić information content (AvgIpc) is 2.54. The fourth-order valence-corrected chi connectivity index (χ4v) is 3.49. The normalized spacial score (nSPS) is 25.1. The predicted molar refractivity (Wildman–Crippen MR) is 97.0 cm³/mol. The third-order valence-corrected chi connectivity index (χ3v) is 5.20. The molecule has 23 heavy (non-hydrogen) atoms. The van der Waals surface area contributed by atoms with Crippen LogP contribution >= 0.6 is 0 Å². The summed E-state index contributed by atoms with van der Waals surface area (Å²) in [5.74, 6) is 1.57. The van der Waals surface area contributed by atoms with Gasteiger partial charge in [0.2, 0.25) is 0 Å². The van der Waals surface area contributed by atoms with E-state index in [-0.39, 0.29) is 0 Å². The third kappa shape index (κ3) is 6.68. The molecule has 0 aromatic carbocycles. The van der Waals surface area contributed by atoms with Gasteiger partial charge in [-0.15, -0.1) is 0 Å². The highest BCUT2D eigenvalue weighted by Gasteiger charge is 2.27. The van der Waals surface area contributed by atoms with Crippen LogP contribution in [-0.4, -0.2) is 63.3 Å². The van der Waals surface area contributed by atoms with Gasteiger partial charge in [0.15, 0.2) is 5.96 Å². The predicted octanol–water partition coefficient (Wildman–Crippen LogP) is 2.09. The molecule has 0 spiro atoms. The van der Waals surface area contributed by atoms with Crippen molar-refractivity contribution in [3.05, 3.63) is 0 Å². The van der Waals surface area contributed by atoms with E-state index in [2.05, 4.69) is 41.3 Å². The number of hydrogen-bond acceptors (Lipinski definition) is 3. The Morgan fingerprint density at radius 2 is 1.91 bits per heavy atom. The number of aliphatic imine (C=N–C) groups is 1. The molecule has 0 radical (unpaired) electrons. The Balaban J connectivity index is 1.66. The van der Waals surface area contributed by atoms with Gasteiger partial charge in [0.05, 0.1) is 13.2 Å². The molecule has 134 valence electrons. The van der Waals surface area contributed by atoms with Gasteiger partial charge < -0.3 is 15.4 Å². The zero-order chi connectivity index (χ0) is 16.7. The van der Waals surface area contributed by atoms with Crippen LogP contribution in [0.5, 0.6) is 0 Å². The Morgan fingerprint density at radius 3 is 2.52 bits per heavy atom. The van der Waals surface area contributed by atoms with Gasteiger partial charge >= 0.3 is 0 Å². The molecule has 5 nitrogen and oxygen atoms in total. The first-order chi connectivity index (χ1) is 11.0. The van der Waals surface area contributed by atoms with Crippen LogP contribution in [0, 0.1) is 11.3 Å². The van der Waals surface area contributed by atoms with E-state index in [0.29, 0.717) is 17.4 Å². The summed E-state index contributed by atoms with van der Waals surface area (Å²) < 4.78 is 5.41. The van der Waals surface area contributed by atoms with Crippen molar-refractivity contribution >= 4 is 5.96 Å². The number of ether oxygens (including phenoxy) is 1. The first-order valence-corrected chi connectivity index (χ1v) is 9.26. The summed E-state index contributed by atoms with van der Waals surface area (Å²) in [6.07, 6.45) is 5.10. The fourth-order valence-electron chi connectivity index (χ4n) is 3.49. The van der Waals surface area contributed by atoms with Crippen molar-refractivity contribution in [2.75, 3.05) is 46.4 Å². The molecule has 1 unspecified atom stereocenters. The van der Waals surface area contributed by atoms with E-state index in [1.165, 1.54) is 25.7 Å². The number of hydrogen-bond donors (Lipinski definition) is 2. The number of morpholine rings is 1. The summed E-state index contributed by atoms with van der Waals surface area (Å²) in [5.41, 5.74) is 0.516. The molecule has 0 aromatic heterocycles. The minimum Gasteiger partial charge on any atom is -0.379 e. The summed E-state index contributed by atoms with van der Waals surface area (Å²) in [6, 6.07) is 0.573. The molecule has 1 aliphatic carbocycles. The van der Waals surface area contributed by atoms with Gasteiger partial charge in [0.1, 0.15) is 0 Å². The van der Waals surface area contributed by atoms with E-state index in [1.807, 2.05) is 7.05 Å². The van der Waals surface area contributed by atoms with Gasteiger partial charge in [0.25, 0.3) is 0 Å². The van der Waals surface area contributed by atoms with Crippen LogP contribution in [-0.2, 0) is 4.74 Å². The van der Waals surface area contributed by atoms with E-state index >= 15 is 0 Å². The van der Waals surface area contributed by atoms with E-state index in [9.17, 15) is 0 Å². The second-order valence-corrected chi connectivity index (χ2v) is 8.05. The lowest BCUT2D eigenvalue weighted by Gasteiger charge is -2.35. The van der Waals surface area contributed by atoms with Gasteiger partial charge in [-0.3, -0.25) is 9.89 Å². The molecule has 1 aliphatic heterocycles. The van der Waals surface area contributed by atoms with E-state index in [4.69, 9.17) is 4.74 Å². The van der Waals surface area contributed by atoms with E-state index < -0.39 is 0 Å². The quantitative estimate of drug-likeness (QED) is 0.600. The molecular formula is C18H36N4O. The van der Waals surface area contributed by atoms with E-state index in [0.717, 1.165) is 45.4 Å². The molecule has 1 heterocycles. The summed E-state index contributed by atoms with van der Waals surface area (Å²) in [6.45, 7) is 13.0. The first kappa shape index (κ1) is 18.5. The molecule has 2 N–H and O–H groups in total. The zero-order valence-corrected chi connectivity index (χ0v) is 15.5. The first-order valence-electron chi connectivity index (χ1n) is 9.26. The number of guanidine groups is 1. The highest BCUT2D eigenvalue weighted by Crippen LogP contribution is 2.34. The van der Waals surface area contributed by atoms with Crippen LogP contribution in [0.2, 0.25) is 0 Å². The second-order valence-electron chi connectivity index (χ2n) is 8.05. The monoisotopic (exact) mass is 324 g/mol. The molecule has 2 fully saturated rings. The fraction of sp³-hybridized carbons (Fsp3) is 0.944. The van der Waals surface area contributed by atoms with Crippen LogP contribution in [0.25, 0.3) is 0 Å². The van der Waals surface area contributed by atoms with Crippen LogP contribution in [0.15, 0.2) is 4.99 Å². The van der Waals surface area contributed by atoms with Gasteiger partial charge in [-0.2, -0.15) is 0 Å². The SMILES string of the molecule is CN=C(NCC(C)CN1CCOCC1)NC1CCC(C)(C)CC1. The Hall–Kier alpha value is -0.810. The van der Waals surface area contributed by atoms with Gasteiger partial charge in [-0.1, -0.05) is 20.8 Å². The maximum atomic E-state index is 5.41. The molecule has 2 aliphatic rings. The Morgan fingerprint density at radius 1 is 1.26 bits per heavy atom. The minimum atomic E-state index is 0.516. The summed E-state index contributed by atoms with van der Waals surface area (Å²) >= 11 is 0. The highest BCUT2D eigenvalue weighted by atomic mass is 16.5. The summed E-state index contributed by atoms with van der Waals surface area (Å²) in [7, 11) is 1.87. The zero-order valence-electron chi connectivity index (χ0n) is 15.5. The summed E-state index contributed by atoms with van der Waals surface area (Å²) in [4.78, 5) is 6.89. The maximum Gasteiger partial charge on any atom is 0.191 e. The van der Waals surface area contributed by atoms with E-state index in [1.54, 1.807) is 0 Å². The molecule has 0 amide bonds. The number of nitrogens with zero attached hydrogens (tertiary/aromatic N) is 2. The summed E-state index contributed by atoms with van der Waals surface area (Å²) in [5, 5.41) is 7.12. The molecule has 2 rings (SSSR count). The van der Waals surface area contributed by atoms with Crippen molar-refractivity contribution in [1.29, 1.82) is 0 Å². The molecule has 1 saturated carbocycles. The Labute approximate surface area is 142 Å². The van der Waals surface area contributed by atoms with Crippen molar-refractivity contribution in [1.82, 2.24) is 15.5 Å².